The van der Waals surface area contributed by atoms with Crippen LogP contribution in [-0.2, 0) is 0 Å². The summed E-state index contributed by atoms with van der Waals surface area (Å²) < 4.78 is 0.991. The Hall–Kier alpha value is -0.420. The number of halogens is 1. The number of hydrogen-bond donors (Lipinski definition) is 1. The Bertz CT molecular complexity index is 427. The molecule has 1 saturated heterocycles. The van der Waals surface area contributed by atoms with Crippen molar-refractivity contribution in [2.75, 3.05) is 33.7 Å². The zero-order chi connectivity index (χ0) is 14.5. The minimum atomic E-state index is -0.394. The first kappa shape index (κ1) is 16.0. The van der Waals surface area contributed by atoms with E-state index >= 15 is 0 Å². The predicted octanol–water partition coefficient (Wildman–Crippen LogP) is 2.90. The van der Waals surface area contributed by atoms with E-state index in [0.717, 1.165) is 29.5 Å². The molecule has 4 heteroatoms. The van der Waals surface area contributed by atoms with Gasteiger partial charge in [-0.05, 0) is 51.5 Å². The fraction of sp³-hybridized carbons (Fsp3) is 0.625. The number of hydrogen-bond acceptors (Lipinski definition) is 3. The molecule has 20 heavy (non-hydrogen) atoms. The first-order valence-electron chi connectivity index (χ1n) is 7.39. The number of likely N-dealkylation sites (tertiary alicyclic amines) is 1. The van der Waals surface area contributed by atoms with E-state index in [1.165, 1.54) is 19.4 Å². The Morgan fingerprint density at radius 3 is 2.85 bits per heavy atom. The summed E-state index contributed by atoms with van der Waals surface area (Å²) in [6, 6.07) is 8.60. The molecule has 1 fully saturated rings. The van der Waals surface area contributed by atoms with Gasteiger partial charge >= 0.3 is 0 Å². The quantitative estimate of drug-likeness (QED) is 0.862. The lowest BCUT2D eigenvalue weighted by molar-refractivity contribution is 0.139. The summed E-state index contributed by atoms with van der Waals surface area (Å²) in [7, 11) is 4.36. The third-order valence-corrected chi connectivity index (χ3v) is 4.96. The van der Waals surface area contributed by atoms with Crippen LogP contribution in [0.2, 0.25) is 0 Å². The van der Waals surface area contributed by atoms with Crippen molar-refractivity contribution in [1.82, 2.24) is 9.80 Å². The van der Waals surface area contributed by atoms with Gasteiger partial charge in [-0.1, -0.05) is 34.1 Å². The van der Waals surface area contributed by atoms with Crippen LogP contribution in [0, 0.1) is 0 Å². The minimum absolute atomic E-state index is 0.394. The zero-order valence-corrected chi connectivity index (χ0v) is 14.0. The number of likely N-dealkylation sites (N-methyl/N-ethyl adjacent to an activating group) is 2. The molecule has 1 aliphatic heterocycles. The second-order valence-corrected chi connectivity index (χ2v) is 6.72. The third kappa shape index (κ3) is 4.29. The van der Waals surface area contributed by atoms with E-state index in [-0.39, 0.29) is 0 Å². The van der Waals surface area contributed by atoms with Crippen molar-refractivity contribution in [1.29, 1.82) is 0 Å². The Balaban J connectivity index is 1.78. The van der Waals surface area contributed by atoms with Gasteiger partial charge in [-0.3, -0.25) is 0 Å². The smallest absolute Gasteiger partial charge is 0.0813 e. The van der Waals surface area contributed by atoms with Crippen LogP contribution in [0.5, 0.6) is 0 Å². The molecule has 0 radical (unpaired) electrons. The number of benzene rings is 1. The largest absolute Gasteiger partial charge is 0.388 e. The van der Waals surface area contributed by atoms with Gasteiger partial charge in [0, 0.05) is 23.6 Å². The van der Waals surface area contributed by atoms with Crippen molar-refractivity contribution in [3.05, 3.63) is 34.3 Å². The maximum absolute atomic E-state index is 10.3. The Morgan fingerprint density at radius 2 is 2.20 bits per heavy atom. The van der Waals surface area contributed by atoms with Gasteiger partial charge in [0.2, 0.25) is 0 Å². The molecule has 112 valence electrons. The number of nitrogens with zero attached hydrogens (tertiary/aromatic N) is 2. The summed E-state index contributed by atoms with van der Waals surface area (Å²) in [4.78, 5) is 4.78. The van der Waals surface area contributed by atoms with Crippen molar-refractivity contribution in [3.8, 4) is 0 Å². The standard InChI is InChI=1S/C16H25BrN2O/c1-18(12-13-6-5-10-19(13)2)11-9-16(20)14-7-3-4-8-15(14)17/h3-4,7-8,13,16,20H,5-6,9-12H2,1-2H3. The van der Waals surface area contributed by atoms with E-state index < -0.39 is 6.10 Å². The molecule has 0 bridgehead atoms. The molecule has 0 aliphatic carbocycles. The summed E-state index contributed by atoms with van der Waals surface area (Å²) in [6.45, 7) is 3.24. The highest BCUT2D eigenvalue weighted by Gasteiger charge is 2.22. The highest BCUT2D eigenvalue weighted by atomic mass is 79.9. The molecule has 1 aromatic carbocycles. The first-order chi connectivity index (χ1) is 9.58. The summed E-state index contributed by atoms with van der Waals surface area (Å²) in [6.07, 6.45) is 2.99. The van der Waals surface area contributed by atoms with Crippen LogP contribution in [0.1, 0.15) is 30.9 Å². The predicted molar refractivity (Wildman–Crippen MR) is 86.9 cm³/mol. The molecule has 1 N–H and O–H groups in total. The molecule has 1 aromatic rings. The molecule has 2 rings (SSSR count). The zero-order valence-electron chi connectivity index (χ0n) is 12.4. The number of rotatable bonds is 6. The van der Waals surface area contributed by atoms with Gasteiger partial charge in [0.15, 0.2) is 0 Å². The SMILES string of the molecule is CN(CCC(O)c1ccccc1Br)CC1CCCN1C. The second-order valence-electron chi connectivity index (χ2n) is 5.86. The van der Waals surface area contributed by atoms with E-state index in [0.29, 0.717) is 6.04 Å². The van der Waals surface area contributed by atoms with E-state index in [4.69, 9.17) is 0 Å². The maximum Gasteiger partial charge on any atom is 0.0813 e. The maximum atomic E-state index is 10.3. The second kappa shape index (κ2) is 7.55. The Labute approximate surface area is 130 Å². The molecule has 0 spiro atoms. The lowest BCUT2D eigenvalue weighted by Crippen LogP contribution is -2.37. The van der Waals surface area contributed by atoms with Crippen molar-refractivity contribution >= 4 is 15.9 Å². The third-order valence-electron chi connectivity index (χ3n) is 4.24. The van der Waals surface area contributed by atoms with Gasteiger partial charge in [-0.15, -0.1) is 0 Å². The van der Waals surface area contributed by atoms with E-state index in [9.17, 15) is 5.11 Å². The molecule has 3 nitrogen and oxygen atoms in total. The molecular formula is C16H25BrN2O. The average Bonchev–Trinajstić information content (AvgIpc) is 2.82. The Morgan fingerprint density at radius 1 is 1.45 bits per heavy atom. The number of aliphatic hydroxyl groups is 1. The van der Waals surface area contributed by atoms with Crippen molar-refractivity contribution in [3.63, 3.8) is 0 Å². The van der Waals surface area contributed by atoms with Crippen molar-refractivity contribution in [2.24, 2.45) is 0 Å². The molecule has 0 amide bonds. The van der Waals surface area contributed by atoms with Gasteiger partial charge in [0.1, 0.15) is 0 Å². The monoisotopic (exact) mass is 340 g/mol. The molecule has 2 unspecified atom stereocenters. The summed E-state index contributed by atoms with van der Waals surface area (Å²) in [5.74, 6) is 0. The molecule has 2 atom stereocenters. The van der Waals surface area contributed by atoms with Crippen molar-refractivity contribution in [2.45, 2.75) is 31.4 Å². The van der Waals surface area contributed by atoms with Crippen LogP contribution in [-0.4, -0.2) is 54.7 Å². The fourth-order valence-corrected chi connectivity index (χ4v) is 3.45. The van der Waals surface area contributed by atoms with Crippen LogP contribution in [0.25, 0.3) is 0 Å². The topological polar surface area (TPSA) is 26.7 Å². The van der Waals surface area contributed by atoms with Crippen LogP contribution in [0.15, 0.2) is 28.7 Å². The average molecular weight is 341 g/mol. The fourth-order valence-electron chi connectivity index (χ4n) is 2.90. The Kier molecular flexibility index (Phi) is 6.02. The van der Waals surface area contributed by atoms with E-state index in [1.54, 1.807) is 0 Å². The molecule has 0 saturated carbocycles. The van der Waals surface area contributed by atoms with Crippen molar-refractivity contribution < 1.29 is 5.11 Å². The normalized spacial score (nSPS) is 21.6. The summed E-state index contributed by atoms with van der Waals surface area (Å²) >= 11 is 3.50. The lowest BCUT2D eigenvalue weighted by atomic mass is 10.1. The van der Waals surface area contributed by atoms with E-state index in [2.05, 4.69) is 39.8 Å². The number of aliphatic hydroxyl groups excluding tert-OH is 1. The molecule has 0 aromatic heterocycles. The van der Waals surface area contributed by atoms with Gasteiger partial charge in [-0.2, -0.15) is 0 Å². The van der Waals surface area contributed by atoms with E-state index in [1.807, 2.05) is 24.3 Å². The highest BCUT2D eigenvalue weighted by Crippen LogP contribution is 2.25. The van der Waals surface area contributed by atoms with Crippen LogP contribution < -0.4 is 0 Å². The van der Waals surface area contributed by atoms with Crippen LogP contribution in [0.3, 0.4) is 0 Å². The molecule has 1 aliphatic rings. The first-order valence-corrected chi connectivity index (χ1v) is 8.18. The van der Waals surface area contributed by atoms with Gasteiger partial charge in [-0.25, -0.2) is 0 Å². The summed E-state index contributed by atoms with van der Waals surface area (Å²) in [5.41, 5.74) is 0.985. The van der Waals surface area contributed by atoms with Crippen LogP contribution in [0.4, 0.5) is 0 Å². The molecular weight excluding hydrogens is 316 g/mol. The summed E-state index contributed by atoms with van der Waals surface area (Å²) in [5, 5.41) is 10.3. The minimum Gasteiger partial charge on any atom is -0.388 e. The lowest BCUT2D eigenvalue weighted by Gasteiger charge is -2.26. The van der Waals surface area contributed by atoms with Crippen LogP contribution >= 0.6 is 15.9 Å². The van der Waals surface area contributed by atoms with Gasteiger partial charge in [0.25, 0.3) is 0 Å². The molecule has 1 heterocycles. The van der Waals surface area contributed by atoms with Gasteiger partial charge < -0.3 is 14.9 Å². The van der Waals surface area contributed by atoms with Gasteiger partial charge in [0.05, 0.1) is 6.10 Å². The highest BCUT2D eigenvalue weighted by molar-refractivity contribution is 9.10.